The zero-order chi connectivity index (χ0) is 23.8. The Bertz CT molecular complexity index is 1190. The summed E-state index contributed by atoms with van der Waals surface area (Å²) in [6.07, 6.45) is 4.53. The zero-order valence-electron chi connectivity index (χ0n) is 18.5. The number of ether oxygens (including phenoxy) is 1. The van der Waals surface area contributed by atoms with Crippen molar-refractivity contribution in [1.29, 1.82) is 0 Å². The van der Waals surface area contributed by atoms with Crippen molar-refractivity contribution in [2.45, 2.75) is 32.5 Å². The fourth-order valence-electron chi connectivity index (χ4n) is 3.87. The van der Waals surface area contributed by atoms with Crippen LogP contribution in [0.25, 0.3) is 4.83 Å². The molecule has 176 valence electrons. The summed E-state index contributed by atoms with van der Waals surface area (Å²) in [6, 6.07) is 1.68. The molecule has 1 atom stereocenters. The van der Waals surface area contributed by atoms with Crippen LogP contribution in [0.1, 0.15) is 29.9 Å². The fraction of sp³-hybridized carbons (Fsp3) is 0.429. The van der Waals surface area contributed by atoms with Crippen LogP contribution in [0.4, 0.5) is 11.4 Å². The number of anilines is 2. The molecule has 1 aliphatic heterocycles. The van der Waals surface area contributed by atoms with Crippen molar-refractivity contribution in [2.75, 3.05) is 36.9 Å². The van der Waals surface area contributed by atoms with Gasteiger partial charge in [0.15, 0.2) is 0 Å². The first-order valence-electron chi connectivity index (χ1n) is 10.3. The number of rotatable bonds is 6. The van der Waals surface area contributed by atoms with Gasteiger partial charge in [-0.1, -0.05) is 0 Å². The van der Waals surface area contributed by atoms with E-state index in [1.165, 1.54) is 17.5 Å². The number of aromatic nitrogens is 3. The number of aryl methyl sites for hydroxylation is 1. The standard InChI is InChI=1S/C21H25BrN6O4S/c1-12-16(26-19(31)15-6-24-28-8-17(22)33-20(15)28)4-13(5-23-12)25-18(30)9-27-7-14(10-29)32-21(2,3)11-27/h4-6,8,14,29H,7,9-11H2,1-3H3,(H,25,30)(H,26,31)/t14-/m1/s1. The number of morpholine rings is 1. The molecule has 0 saturated carbocycles. The Hall–Kier alpha value is -2.38. The Balaban J connectivity index is 1.42. The predicted molar refractivity (Wildman–Crippen MR) is 129 cm³/mol. The van der Waals surface area contributed by atoms with Gasteiger partial charge in [0.1, 0.15) is 4.83 Å². The van der Waals surface area contributed by atoms with E-state index < -0.39 is 5.60 Å². The number of aliphatic hydroxyl groups excluding tert-OH is 1. The highest BCUT2D eigenvalue weighted by molar-refractivity contribution is 9.11. The second-order valence-corrected chi connectivity index (χ2v) is 11.0. The van der Waals surface area contributed by atoms with Crippen LogP contribution >= 0.6 is 27.3 Å². The van der Waals surface area contributed by atoms with Crippen molar-refractivity contribution in [3.8, 4) is 0 Å². The van der Waals surface area contributed by atoms with Gasteiger partial charge in [0, 0.05) is 13.1 Å². The van der Waals surface area contributed by atoms with Gasteiger partial charge in [0.2, 0.25) is 5.91 Å². The van der Waals surface area contributed by atoms with Gasteiger partial charge in [0.05, 0.1) is 69.9 Å². The SMILES string of the molecule is Cc1ncc(NC(=O)CN2C[C@H](CO)OC(C)(C)C2)cc1NC(=O)c1cnn2cc(Br)sc12. The minimum absolute atomic E-state index is 0.0986. The third-order valence-corrected chi connectivity index (χ3v) is 6.75. The number of nitrogens with one attached hydrogen (secondary N) is 2. The third-order valence-electron chi connectivity index (χ3n) is 5.15. The maximum Gasteiger partial charge on any atom is 0.260 e. The summed E-state index contributed by atoms with van der Waals surface area (Å²) in [6.45, 7) is 6.74. The number of pyridine rings is 1. The molecule has 3 N–H and O–H groups in total. The molecule has 0 radical (unpaired) electrons. The minimum Gasteiger partial charge on any atom is -0.394 e. The van der Waals surface area contributed by atoms with Crippen LogP contribution in [-0.4, -0.2) is 74.4 Å². The Labute approximate surface area is 203 Å². The molecule has 3 aromatic rings. The summed E-state index contributed by atoms with van der Waals surface area (Å²) >= 11 is 4.81. The van der Waals surface area contributed by atoms with Gasteiger partial charge in [0.25, 0.3) is 5.91 Å². The molecule has 0 spiro atoms. The summed E-state index contributed by atoms with van der Waals surface area (Å²) in [5.41, 5.74) is 1.60. The molecular formula is C21H25BrN6O4S. The lowest BCUT2D eigenvalue weighted by Gasteiger charge is -2.41. The molecule has 0 aromatic carbocycles. The van der Waals surface area contributed by atoms with E-state index in [0.29, 0.717) is 35.7 Å². The van der Waals surface area contributed by atoms with E-state index in [0.717, 1.165) is 8.62 Å². The van der Waals surface area contributed by atoms with Crippen molar-refractivity contribution >= 4 is 55.3 Å². The van der Waals surface area contributed by atoms with Crippen LogP contribution in [0.3, 0.4) is 0 Å². The van der Waals surface area contributed by atoms with E-state index in [1.807, 2.05) is 18.7 Å². The third kappa shape index (κ3) is 5.58. The molecule has 0 unspecified atom stereocenters. The van der Waals surface area contributed by atoms with Crippen molar-refractivity contribution in [1.82, 2.24) is 19.5 Å². The normalized spacial score (nSPS) is 18.4. The highest BCUT2D eigenvalue weighted by Crippen LogP contribution is 2.27. The summed E-state index contributed by atoms with van der Waals surface area (Å²) in [5.74, 6) is -0.521. The largest absolute Gasteiger partial charge is 0.394 e. The summed E-state index contributed by atoms with van der Waals surface area (Å²) < 4.78 is 8.31. The summed E-state index contributed by atoms with van der Waals surface area (Å²) in [4.78, 5) is 32.5. The molecule has 12 heteroatoms. The van der Waals surface area contributed by atoms with Gasteiger partial charge >= 0.3 is 0 Å². The van der Waals surface area contributed by atoms with Crippen molar-refractivity contribution in [3.05, 3.63) is 39.7 Å². The molecule has 10 nitrogen and oxygen atoms in total. The van der Waals surface area contributed by atoms with Crippen LogP contribution in [0.15, 0.2) is 28.4 Å². The molecule has 4 heterocycles. The van der Waals surface area contributed by atoms with Crippen LogP contribution in [0, 0.1) is 6.92 Å². The topological polar surface area (TPSA) is 121 Å². The van der Waals surface area contributed by atoms with Crippen LogP contribution < -0.4 is 10.6 Å². The number of hydrogen-bond acceptors (Lipinski definition) is 8. The molecule has 3 aromatic heterocycles. The van der Waals surface area contributed by atoms with E-state index in [-0.39, 0.29) is 31.1 Å². The van der Waals surface area contributed by atoms with Gasteiger partial charge in [-0.3, -0.25) is 19.5 Å². The monoisotopic (exact) mass is 536 g/mol. The number of amides is 2. The summed E-state index contributed by atoms with van der Waals surface area (Å²) in [5, 5.41) is 19.4. The van der Waals surface area contributed by atoms with E-state index in [4.69, 9.17) is 4.74 Å². The number of thiazole rings is 1. The molecule has 0 aliphatic carbocycles. The fourth-order valence-corrected chi connectivity index (χ4v) is 5.31. The summed E-state index contributed by atoms with van der Waals surface area (Å²) in [7, 11) is 0. The first-order chi connectivity index (χ1) is 15.6. The van der Waals surface area contributed by atoms with Crippen LogP contribution in [0.2, 0.25) is 0 Å². The number of carbonyl (C=O) groups excluding carboxylic acids is 2. The van der Waals surface area contributed by atoms with Gasteiger partial charge in [-0.05, 0) is 42.8 Å². The number of aliphatic hydroxyl groups is 1. The minimum atomic E-state index is -0.452. The van der Waals surface area contributed by atoms with E-state index in [2.05, 4.69) is 36.6 Å². The maximum atomic E-state index is 12.8. The molecule has 1 fully saturated rings. The lowest BCUT2D eigenvalue weighted by atomic mass is 10.1. The van der Waals surface area contributed by atoms with E-state index >= 15 is 0 Å². The van der Waals surface area contributed by atoms with Crippen LogP contribution in [-0.2, 0) is 9.53 Å². The average Bonchev–Trinajstić information content (AvgIpc) is 3.28. The van der Waals surface area contributed by atoms with Crippen molar-refractivity contribution in [3.63, 3.8) is 0 Å². The van der Waals surface area contributed by atoms with Crippen LogP contribution in [0.5, 0.6) is 0 Å². The van der Waals surface area contributed by atoms with Gasteiger partial charge < -0.3 is 20.5 Å². The molecule has 1 aliphatic rings. The molecule has 1 saturated heterocycles. The smallest absolute Gasteiger partial charge is 0.260 e. The quantitative estimate of drug-likeness (QED) is 0.442. The van der Waals surface area contributed by atoms with Crippen molar-refractivity contribution in [2.24, 2.45) is 0 Å². The maximum absolute atomic E-state index is 12.8. The predicted octanol–water partition coefficient (Wildman–Crippen LogP) is 2.52. The number of halogens is 1. The van der Waals surface area contributed by atoms with Gasteiger partial charge in [-0.25, -0.2) is 4.52 Å². The molecule has 33 heavy (non-hydrogen) atoms. The Morgan fingerprint density at radius 2 is 2.15 bits per heavy atom. The molecule has 4 rings (SSSR count). The van der Waals surface area contributed by atoms with Gasteiger partial charge in [-0.2, -0.15) is 5.10 Å². The van der Waals surface area contributed by atoms with Crippen molar-refractivity contribution < 1.29 is 19.4 Å². The molecular weight excluding hydrogens is 512 g/mol. The highest BCUT2D eigenvalue weighted by atomic mass is 79.9. The van der Waals surface area contributed by atoms with E-state index in [9.17, 15) is 14.7 Å². The second kappa shape index (κ2) is 9.47. The number of hydrogen-bond donors (Lipinski definition) is 3. The molecule has 0 bridgehead atoms. The average molecular weight is 537 g/mol. The number of fused-ring (bicyclic) bond motifs is 1. The van der Waals surface area contributed by atoms with Gasteiger partial charge in [-0.15, -0.1) is 11.3 Å². The Morgan fingerprint density at radius 3 is 2.91 bits per heavy atom. The highest BCUT2D eigenvalue weighted by Gasteiger charge is 2.33. The van der Waals surface area contributed by atoms with E-state index in [1.54, 1.807) is 29.9 Å². The molecule has 2 amide bonds. The number of nitrogens with zero attached hydrogens (tertiary/aromatic N) is 4. The second-order valence-electron chi connectivity index (χ2n) is 8.55. The Morgan fingerprint density at radius 1 is 1.36 bits per heavy atom. The lowest BCUT2D eigenvalue weighted by molar-refractivity contribution is -0.151. The lowest BCUT2D eigenvalue weighted by Crippen LogP contribution is -2.55. The first-order valence-corrected chi connectivity index (χ1v) is 12.0. The Kier molecular flexibility index (Phi) is 6.82. The zero-order valence-corrected chi connectivity index (χ0v) is 20.9. The first kappa shape index (κ1) is 23.8. The number of carbonyl (C=O) groups is 2.